The van der Waals surface area contributed by atoms with Crippen LogP contribution >= 0.6 is 7.14 Å². The van der Waals surface area contributed by atoms with E-state index in [-0.39, 0.29) is 5.41 Å². The lowest BCUT2D eigenvalue weighted by Crippen LogP contribution is -2.30. The zero-order chi connectivity index (χ0) is 42.1. The molecule has 10 rings (SSSR count). The molecular formula is C57H48N3OP. The Morgan fingerprint density at radius 2 is 0.823 bits per heavy atom. The van der Waals surface area contributed by atoms with Crippen molar-refractivity contribution in [1.29, 1.82) is 0 Å². The molecule has 302 valence electrons. The van der Waals surface area contributed by atoms with Crippen molar-refractivity contribution in [3.05, 3.63) is 205 Å². The maximum Gasteiger partial charge on any atom is 0.164 e. The van der Waals surface area contributed by atoms with Crippen LogP contribution in [0.4, 0.5) is 0 Å². The van der Waals surface area contributed by atoms with E-state index in [9.17, 15) is 4.57 Å². The third-order valence-electron chi connectivity index (χ3n) is 12.7. The largest absolute Gasteiger partial charge is 0.319 e. The molecular weight excluding hydrogens is 774 g/mol. The van der Waals surface area contributed by atoms with Crippen LogP contribution in [0.1, 0.15) is 43.2 Å². The summed E-state index contributed by atoms with van der Waals surface area (Å²) in [6.45, 7) is 3.71. The molecule has 0 atom stereocenters. The zero-order valence-electron chi connectivity index (χ0n) is 35.2. The predicted molar refractivity (Wildman–Crippen MR) is 259 cm³/mol. The van der Waals surface area contributed by atoms with Gasteiger partial charge < -0.3 is 4.57 Å². The fourth-order valence-electron chi connectivity index (χ4n) is 9.49. The molecule has 62 heavy (non-hydrogen) atoms. The summed E-state index contributed by atoms with van der Waals surface area (Å²) in [5, 5.41) is 3.16. The third-order valence-corrected chi connectivity index (χ3v) is 14.3. The molecule has 0 radical (unpaired) electrons. The van der Waals surface area contributed by atoms with E-state index < -0.39 is 7.14 Å². The first-order chi connectivity index (χ1) is 30.3. The number of hydrogen-bond acceptors (Lipinski definition) is 4. The van der Waals surface area contributed by atoms with Crippen molar-refractivity contribution in [2.24, 2.45) is 0 Å². The Morgan fingerprint density at radius 1 is 0.387 bits per heavy atom. The van der Waals surface area contributed by atoms with Crippen LogP contribution in [0.25, 0.3) is 78.3 Å². The third kappa shape index (κ3) is 7.72. The molecule has 0 bridgehead atoms. The van der Waals surface area contributed by atoms with Gasteiger partial charge in [0, 0.05) is 27.4 Å². The highest BCUT2D eigenvalue weighted by atomic mass is 31.2. The Morgan fingerprint density at radius 3 is 1.40 bits per heavy atom. The van der Waals surface area contributed by atoms with Crippen LogP contribution in [0, 0.1) is 0 Å². The van der Waals surface area contributed by atoms with Gasteiger partial charge in [0.25, 0.3) is 0 Å². The molecule has 1 aromatic heterocycles. The summed E-state index contributed by atoms with van der Waals surface area (Å²) < 4.78 is 13.2. The first kappa shape index (κ1) is 39.4. The normalized spacial score (nSPS) is 13.8. The van der Waals surface area contributed by atoms with Crippen LogP contribution < -0.4 is 5.30 Å². The smallest absolute Gasteiger partial charge is 0.164 e. The molecule has 0 unspecified atom stereocenters. The van der Waals surface area contributed by atoms with Gasteiger partial charge in [-0.05, 0) is 87.5 Å². The summed E-state index contributed by atoms with van der Waals surface area (Å²) in [5.74, 6) is 1.93. The second-order valence-corrected chi connectivity index (χ2v) is 20.2. The van der Waals surface area contributed by atoms with Gasteiger partial charge in [0.2, 0.25) is 0 Å². The second-order valence-electron chi connectivity index (χ2n) is 17.0. The molecule has 1 heterocycles. The number of benzene rings is 8. The van der Waals surface area contributed by atoms with E-state index in [1.165, 1.54) is 47.1 Å². The van der Waals surface area contributed by atoms with Gasteiger partial charge >= 0.3 is 0 Å². The number of hydrogen-bond donors (Lipinski definition) is 0. The molecule has 1 fully saturated rings. The molecule has 9 aromatic rings. The van der Waals surface area contributed by atoms with Crippen LogP contribution in [0.15, 0.2) is 194 Å². The van der Waals surface area contributed by atoms with Crippen molar-refractivity contribution < 1.29 is 4.57 Å². The number of rotatable bonds is 9. The lowest BCUT2D eigenvalue weighted by atomic mass is 9.65. The maximum atomic E-state index is 13.2. The van der Waals surface area contributed by atoms with E-state index in [4.69, 9.17) is 15.0 Å². The van der Waals surface area contributed by atoms with Crippen LogP contribution in [0.3, 0.4) is 0 Å². The van der Waals surface area contributed by atoms with Crippen LogP contribution in [0.2, 0.25) is 0 Å². The molecule has 0 aliphatic heterocycles. The average molecular weight is 822 g/mol. The van der Waals surface area contributed by atoms with E-state index in [0.717, 1.165) is 62.3 Å². The highest BCUT2D eigenvalue weighted by Gasteiger charge is 2.36. The minimum Gasteiger partial charge on any atom is -0.319 e. The van der Waals surface area contributed by atoms with Crippen LogP contribution in [-0.4, -0.2) is 28.3 Å². The summed E-state index contributed by atoms with van der Waals surface area (Å²) in [7, 11) is -2.44. The number of fused-ring (bicyclic) bond motifs is 1. The number of nitrogens with zero attached hydrogens (tertiary/aromatic N) is 3. The lowest BCUT2D eigenvalue weighted by Gasteiger charge is -2.39. The molecule has 0 amide bonds. The Labute approximate surface area is 364 Å². The fourth-order valence-corrected chi connectivity index (χ4v) is 10.7. The van der Waals surface area contributed by atoms with Gasteiger partial charge in [-0.2, -0.15) is 0 Å². The second kappa shape index (κ2) is 16.6. The first-order valence-corrected chi connectivity index (χ1v) is 24.3. The maximum absolute atomic E-state index is 13.2. The van der Waals surface area contributed by atoms with Crippen molar-refractivity contribution in [3.8, 4) is 67.5 Å². The molecule has 0 spiro atoms. The van der Waals surface area contributed by atoms with E-state index in [0.29, 0.717) is 17.5 Å². The zero-order valence-corrected chi connectivity index (χ0v) is 36.1. The predicted octanol–water partition coefficient (Wildman–Crippen LogP) is 14.5. The Balaban J connectivity index is 1.02. The van der Waals surface area contributed by atoms with E-state index in [1.807, 2.05) is 31.5 Å². The highest BCUT2D eigenvalue weighted by Crippen LogP contribution is 2.46. The van der Waals surface area contributed by atoms with Crippen molar-refractivity contribution in [1.82, 2.24) is 15.0 Å². The Kier molecular flexibility index (Phi) is 10.6. The van der Waals surface area contributed by atoms with Gasteiger partial charge in [0.15, 0.2) is 17.5 Å². The Hall–Kier alpha value is -6.74. The minimum absolute atomic E-state index is 0.0912. The summed E-state index contributed by atoms with van der Waals surface area (Å²) in [6.07, 6.45) is 5.83. The molecule has 8 aromatic carbocycles. The van der Waals surface area contributed by atoms with Gasteiger partial charge in [-0.25, -0.2) is 15.0 Å². The molecule has 4 nitrogen and oxygen atoms in total. The van der Waals surface area contributed by atoms with Gasteiger partial charge in [-0.15, -0.1) is 0 Å². The highest BCUT2D eigenvalue weighted by molar-refractivity contribution is 7.70. The average Bonchev–Trinajstić information content (AvgIpc) is 3.34. The van der Waals surface area contributed by atoms with Gasteiger partial charge in [0.1, 0.15) is 7.14 Å². The van der Waals surface area contributed by atoms with E-state index in [1.54, 1.807) is 0 Å². The molecule has 5 heteroatoms. The summed E-state index contributed by atoms with van der Waals surface area (Å²) in [6, 6.07) is 68.7. The monoisotopic (exact) mass is 821 g/mol. The van der Waals surface area contributed by atoms with Gasteiger partial charge in [-0.1, -0.05) is 207 Å². The minimum atomic E-state index is -2.44. The molecule has 0 N–H and O–H groups in total. The summed E-state index contributed by atoms with van der Waals surface area (Å²) >= 11 is 0. The topological polar surface area (TPSA) is 55.7 Å². The van der Waals surface area contributed by atoms with Crippen LogP contribution in [0.5, 0.6) is 0 Å². The Bertz CT molecular complexity index is 3060. The number of aromatic nitrogens is 3. The molecule has 0 saturated heterocycles. The van der Waals surface area contributed by atoms with Crippen LogP contribution in [-0.2, 0) is 9.98 Å². The van der Waals surface area contributed by atoms with Crippen molar-refractivity contribution in [3.63, 3.8) is 0 Å². The van der Waals surface area contributed by atoms with Crippen molar-refractivity contribution in [2.75, 3.05) is 13.3 Å². The standard InChI is InChI=1S/C57H48N3OP/c1-62(2,61)53-36-35-50(51-21-10-11-22-52(51)53)43-27-31-48(32-28-43)57(37-12-5-13-38-57)49-33-29-45(30-34-49)55-58-54(44-25-23-42(24-26-44)40-15-6-3-7-16-40)59-56(60-55)47-20-14-19-46(39-47)41-17-8-4-9-18-41/h3-4,6-11,14-36,39H,5,12-13,37-38H2,1-2H3. The SMILES string of the molecule is CP(C)(=O)c1ccc(-c2ccc(C3(c4ccc(-c5nc(-c6ccc(-c7ccccc7)cc6)nc(-c6cccc(-c7ccccc7)c6)n5)cc4)CCCCC3)cc2)c2ccccc12. The van der Waals surface area contributed by atoms with E-state index >= 15 is 0 Å². The fraction of sp³-hybridized carbons (Fsp3) is 0.140. The van der Waals surface area contributed by atoms with Gasteiger partial charge in [-0.3, -0.25) is 0 Å². The summed E-state index contributed by atoms with van der Waals surface area (Å²) in [4.78, 5) is 15.4. The van der Waals surface area contributed by atoms with Crippen molar-refractivity contribution in [2.45, 2.75) is 37.5 Å². The quantitative estimate of drug-likeness (QED) is 0.136. The summed E-state index contributed by atoms with van der Waals surface area (Å²) in [5.41, 5.74) is 12.3. The molecule has 1 aliphatic carbocycles. The molecule has 1 saturated carbocycles. The lowest BCUT2D eigenvalue weighted by molar-refractivity contribution is 0.346. The molecule has 1 aliphatic rings. The first-order valence-electron chi connectivity index (χ1n) is 21.7. The van der Waals surface area contributed by atoms with Gasteiger partial charge in [0.05, 0.1) is 0 Å². The van der Waals surface area contributed by atoms with E-state index in [2.05, 4.69) is 176 Å². The van der Waals surface area contributed by atoms with Crippen molar-refractivity contribution >= 4 is 23.2 Å².